The van der Waals surface area contributed by atoms with E-state index in [2.05, 4.69) is 58.1 Å². The number of hydrogen-bond acceptors (Lipinski definition) is 3. The third-order valence-corrected chi connectivity index (χ3v) is 6.31. The quantitative estimate of drug-likeness (QED) is 0.862. The van der Waals surface area contributed by atoms with Crippen molar-refractivity contribution in [3.63, 3.8) is 0 Å². The highest BCUT2D eigenvalue weighted by Gasteiger charge is 2.50. The van der Waals surface area contributed by atoms with Gasteiger partial charge in [0, 0.05) is 24.1 Å². The van der Waals surface area contributed by atoms with E-state index >= 15 is 0 Å². The Balaban J connectivity index is 1.45. The lowest BCUT2D eigenvalue weighted by atomic mass is 9.78. The normalized spacial score (nSPS) is 30.3. The van der Waals surface area contributed by atoms with Crippen molar-refractivity contribution in [2.24, 2.45) is 5.92 Å². The molecule has 0 N–H and O–H groups in total. The van der Waals surface area contributed by atoms with Crippen LogP contribution in [0.1, 0.15) is 35.7 Å². The van der Waals surface area contributed by atoms with Gasteiger partial charge >= 0.3 is 0 Å². The van der Waals surface area contributed by atoms with E-state index in [4.69, 9.17) is 0 Å². The Morgan fingerprint density at radius 3 is 2.71 bits per heavy atom. The number of aromatic nitrogens is 1. The molecule has 2 aromatic rings. The fourth-order valence-corrected chi connectivity index (χ4v) is 5.14. The molecule has 6 rings (SSSR count). The highest BCUT2D eigenvalue weighted by atomic mass is 15.3. The maximum Gasteiger partial charge on any atom is 0.0575 e. The number of fused-ring (bicyclic) bond motifs is 3. The van der Waals surface area contributed by atoms with Crippen molar-refractivity contribution in [2.75, 3.05) is 24.5 Å². The van der Waals surface area contributed by atoms with E-state index in [-0.39, 0.29) is 0 Å². The number of anilines is 1. The molecule has 2 atom stereocenters. The van der Waals surface area contributed by atoms with E-state index in [1.165, 1.54) is 37.2 Å². The number of pyridine rings is 1. The first-order valence-corrected chi connectivity index (χ1v) is 9.32. The molecule has 2 bridgehead atoms. The Hall–Kier alpha value is -1.87. The van der Waals surface area contributed by atoms with Gasteiger partial charge in [0.2, 0.25) is 0 Å². The highest BCUT2D eigenvalue weighted by molar-refractivity contribution is 5.62. The zero-order valence-electron chi connectivity index (χ0n) is 14.4. The minimum absolute atomic E-state index is 0.629. The standard InChI is InChI=1S/C21H25N3/c1-15-6-7-16(14-22-15)8-13-24-19-5-3-2-4-18(19)21-20(24)17-9-11-23(21)12-10-17/h2-7,14,17,20-21H,8-13H2,1H3. The monoisotopic (exact) mass is 319 g/mol. The molecule has 0 saturated carbocycles. The maximum atomic E-state index is 4.46. The number of rotatable bonds is 3. The average molecular weight is 319 g/mol. The van der Waals surface area contributed by atoms with Crippen molar-refractivity contribution in [2.45, 2.75) is 38.3 Å². The van der Waals surface area contributed by atoms with Gasteiger partial charge in [-0.3, -0.25) is 9.88 Å². The van der Waals surface area contributed by atoms with Gasteiger partial charge in [0.25, 0.3) is 0 Å². The molecule has 3 heteroatoms. The van der Waals surface area contributed by atoms with E-state index < -0.39 is 0 Å². The van der Waals surface area contributed by atoms with Crippen LogP contribution in [0.15, 0.2) is 42.6 Å². The molecule has 0 amide bonds. The molecule has 3 nitrogen and oxygen atoms in total. The zero-order valence-corrected chi connectivity index (χ0v) is 14.4. The summed E-state index contributed by atoms with van der Waals surface area (Å²) in [4.78, 5) is 9.91. The van der Waals surface area contributed by atoms with Crippen LogP contribution in [0.3, 0.4) is 0 Å². The summed E-state index contributed by atoms with van der Waals surface area (Å²) in [6.07, 6.45) is 5.87. The number of nitrogens with zero attached hydrogens (tertiary/aromatic N) is 3. The third-order valence-electron chi connectivity index (χ3n) is 6.31. The molecule has 2 unspecified atom stereocenters. The molecular formula is C21H25N3. The van der Waals surface area contributed by atoms with Gasteiger partial charge in [-0.15, -0.1) is 0 Å². The summed E-state index contributed by atoms with van der Waals surface area (Å²) in [5.74, 6) is 0.864. The predicted molar refractivity (Wildman–Crippen MR) is 97.3 cm³/mol. The number of aryl methyl sites for hydroxylation is 1. The van der Waals surface area contributed by atoms with Crippen molar-refractivity contribution < 1.29 is 0 Å². The number of para-hydroxylation sites is 1. The highest BCUT2D eigenvalue weighted by Crippen LogP contribution is 2.51. The van der Waals surface area contributed by atoms with Gasteiger partial charge in [-0.1, -0.05) is 24.3 Å². The van der Waals surface area contributed by atoms with E-state index in [9.17, 15) is 0 Å². The van der Waals surface area contributed by atoms with Crippen molar-refractivity contribution in [1.82, 2.24) is 9.88 Å². The zero-order chi connectivity index (χ0) is 16.1. The molecule has 1 aromatic heterocycles. The second-order valence-corrected chi connectivity index (χ2v) is 7.62. The predicted octanol–water partition coefficient (Wildman–Crippen LogP) is 3.59. The van der Waals surface area contributed by atoms with Gasteiger partial charge < -0.3 is 4.90 Å². The molecular weight excluding hydrogens is 294 g/mol. The molecule has 0 spiro atoms. The molecule has 0 radical (unpaired) electrons. The van der Waals surface area contributed by atoms with E-state index in [0.29, 0.717) is 12.1 Å². The lowest BCUT2D eigenvalue weighted by Crippen LogP contribution is -2.56. The van der Waals surface area contributed by atoms with Gasteiger partial charge in [0.05, 0.1) is 12.1 Å². The fraction of sp³-hybridized carbons (Fsp3) is 0.476. The smallest absolute Gasteiger partial charge is 0.0575 e. The first kappa shape index (κ1) is 14.5. The van der Waals surface area contributed by atoms with Crippen LogP contribution in [0, 0.1) is 12.8 Å². The molecule has 1 aromatic carbocycles. The lowest BCUT2D eigenvalue weighted by Gasteiger charge is -2.50. The summed E-state index contributed by atoms with van der Waals surface area (Å²) in [5.41, 5.74) is 5.49. The molecule has 4 aliphatic rings. The van der Waals surface area contributed by atoms with Gasteiger partial charge in [-0.05, 0) is 68.5 Å². The Morgan fingerprint density at radius 2 is 1.92 bits per heavy atom. The van der Waals surface area contributed by atoms with Crippen LogP contribution >= 0.6 is 0 Å². The van der Waals surface area contributed by atoms with Crippen LogP contribution < -0.4 is 4.90 Å². The van der Waals surface area contributed by atoms with Crippen molar-refractivity contribution >= 4 is 5.69 Å². The van der Waals surface area contributed by atoms with Gasteiger partial charge in [-0.25, -0.2) is 0 Å². The van der Waals surface area contributed by atoms with Gasteiger partial charge in [-0.2, -0.15) is 0 Å². The average Bonchev–Trinajstić information content (AvgIpc) is 2.99. The summed E-state index contributed by atoms with van der Waals surface area (Å²) in [7, 11) is 0. The first-order valence-electron chi connectivity index (χ1n) is 9.32. The summed E-state index contributed by atoms with van der Waals surface area (Å²) in [6.45, 7) is 5.73. The number of piperidine rings is 3. The van der Waals surface area contributed by atoms with E-state index in [0.717, 1.165) is 24.6 Å². The molecule has 124 valence electrons. The molecule has 24 heavy (non-hydrogen) atoms. The van der Waals surface area contributed by atoms with Crippen LogP contribution in [-0.4, -0.2) is 35.6 Å². The lowest BCUT2D eigenvalue weighted by molar-refractivity contribution is 0.0325. The molecule has 3 fully saturated rings. The van der Waals surface area contributed by atoms with Crippen molar-refractivity contribution in [3.8, 4) is 0 Å². The van der Waals surface area contributed by atoms with E-state index in [1.54, 1.807) is 5.56 Å². The Morgan fingerprint density at radius 1 is 1.08 bits per heavy atom. The first-order chi connectivity index (χ1) is 11.8. The van der Waals surface area contributed by atoms with Gasteiger partial charge in [0.15, 0.2) is 0 Å². The summed E-state index contributed by atoms with van der Waals surface area (Å²) in [5, 5.41) is 0. The summed E-state index contributed by atoms with van der Waals surface area (Å²) < 4.78 is 0. The van der Waals surface area contributed by atoms with Crippen molar-refractivity contribution in [1.29, 1.82) is 0 Å². The van der Waals surface area contributed by atoms with Crippen LogP contribution in [0.25, 0.3) is 0 Å². The number of hydrogen-bond donors (Lipinski definition) is 0. The molecule has 3 saturated heterocycles. The van der Waals surface area contributed by atoms with Crippen LogP contribution in [0.4, 0.5) is 5.69 Å². The molecule has 0 aliphatic carbocycles. The van der Waals surface area contributed by atoms with Crippen LogP contribution in [0.5, 0.6) is 0 Å². The molecule has 5 heterocycles. The number of benzene rings is 1. The minimum Gasteiger partial charge on any atom is -0.366 e. The van der Waals surface area contributed by atoms with Crippen LogP contribution in [0.2, 0.25) is 0 Å². The topological polar surface area (TPSA) is 19.4 Å². The largest absolute Gasteiger partial charge is 0.366 e. The fourth-order valence-electron chi connectivity index (χ4n) is 5.14. The SMILES string of the molecule is Cc1ccc(CCN2c3ccccc3C3C2C2CCN3CC2)cn1. The Bertz CT molecular complexity index is 731. The minimum atomic E-state index is 0.629. The Kier molecular flexibility index (Phi) is 3.37. The second-order valence-electron chi connectivity index (χ2n) is 7.62. The maximum absolute atomic E-state index is 4.46. The second kappa shape index (κ2) is 5.59. The van der Waals surface area contributed by atoms with Gasteiger partial charge in [0.1, 0.15) is 0 Å². The molecule has 4 aliphatic heterocycles. The van der Waals surface area contributed by atoms with E-state index in [1.807, 2.05) is 6.20 Å². The van der Waals surface area contributed by atoms with Crippen LogP contribution in [-0.2, 0) is 6.42 Å². The summed E-state index contributed by atoms with van der Waals surface area (Å²) >= 11 is 0. The third kappa shape index (κ3) is 2.18. The summed E-state index contributed by atoms with van der Waals surface area (Å²) in [6, 6.07) is 14.8. The van der Waals surface area contributed by atoms with Crippen molar-refractivity contribution in [3.05, 3.63) is 59.4 Å². The Labute approximate surface area is 144 Å².